The van der Waals surface area contributed by atoms with E-state index in [2.05, 4.69) is 5.32 Å². The highest BCUT2D eigenvalue weighted by atomic mass is 16.6. The molecule has 0 aliphatic rings. The highest BCUT2D eigenvalue weighted by Crippen LogP contribution is 2.28. The zero-order chi connectivity index (χ0) is 25.5. The molecule has 1 N–H and O–H groups in total. The quantitative estimate of drug-likeness (QED) is 0.146. The molecule has 4 aromatic rings. The number of hydrogen-bond donors (Lipinski definition) is 1. The molecular formula is C28H27NO7. The fraction of sp³-hybridized carbons (Fsp3) is 0.250. The van der Waals surface area contributed by atoms with Crippen LogP contribution in [0, 0.1) is 0 Å². The lowest BCUT2D eigenvalue weighted by molar-refractivity contribution is -0.136. The van der Waals surface area contributed by atoms with Crippen LogP contribution in [0.5, 0.6) is 11.5 Å². The van der Waals surface area contributed by atoms with Gasteiger partial charge in [-0.2, -0.15) is 0 Å². The van der Waals surface area contributed by atoms with Gasteiger partial charge in [0.05, 0.1) is 12.5 Å². The predicted molar refractivity (Wildman–Crippen MR) is 135 cm³/mol. The van der Waals surface area contributed by atoms with Crippen molar-refractivity contribution in [3.8, 4) is 11.5 Å². The molecule has 0 spiro atoms. The monoisotopic (exact) mass is 489 g/mol. The second-order valence-corrected chi connectivity index (χ2v) is 8.28. The van der Waals surface area contributed by atoms with Crippen LogP contribution >= 0.6 is 0 Å². The van der Waals surface area contributed by atoms with Gasteiger partial charge in [0, 0.05) is 16.8 Å². The number of ether oxygens (including phenoxy) is 3. The van der Waals surface area contributed by atoms with Gasteiger partial charge in [-0.3, -0.25) is 0 Å². The molecule has 0 fully saturated rings. The van der Waals surface area contributed by atoms with Gasteiger partial charge < -0.3 is 23.9 Å². The standard InChI is InChI=1S/C28H27NO7/c1-3-4-10-24(29-28(32)34-17-18-8-6-5-7-9-18)27(31)35-20-12-14-22-21-13-11-19(33-2)15-23(21)26(30)36-25(22)16-20/h5-9,11-16,24H,3-4,10,17H2,1-2H3,(H,29,32)/t24-/m0/s1. The molecule has 1 amide bonds. The topological polar surface area (TPSA) is 104 Å². The first-order chi connectivity index (χ1) is 17.5. The Labute approximate surface area is 207 Å². The Hall–Kier alpha value is -4.33. The van der Waals surface area contributed by atoms with Crippen LogP contribution in [0.1, 0.15) is 31.7 Å². The average Bonchev–Trinajstić information content (AvgIpc) is 2.90. The lowest BCUT2D eigenvalue weighted by Gasteiger charge is -2.17. The van der Waals surface area contributed by atoms with Gasteiger partial charge in [0.2, 0.25) is 0 Å². The number of esters is 1. The number of hydrogen-bond acceptors (Lipinski definition) is 7. The van der Waals surface area contributed by atoms with E-state index in [0.29, 0.717) is 34.7 Å². The molecule has 0 radical (unpaired) electrons. The van der Waals surface area contributed by atoms with Gasteiger partial charge in [-0.25, -0.2) is 14.4 Å². The molecule has 0 aliphatic heterocycles. The number of rotatable bonds is 9. The Morgan fingerprint density at radius 3 is 2.44 bits per heavy atom. The second-order valence-electron chi connectivity index (χ2n) is 8.28. The van der Waals surface area contributed by atoms with E-state index in [1.165, 1.54) is 13.2 Å². The SMILES string of the molecule is CCCC[C@H](NC(=O)OCc1ccccc1)C(=O)Oc1ccc2c(c1)oc(=O)c1cc(OC)ccc12. The van der Waals surface area contributed by atoms with E-state index in [0.717, 1.165) is 12.0 Å². The number of nitrogens with one attached hydrogen (secondary N) is 1. The van der Waals surface area contributed by atoms with E-state index in [1.54, 1.807) is 30.3 Å². The number of amides is 1. The first-order valence-corrected chi connectivity index (χ1v) is 11.7. The fourth-order valence-corrected chi connectivity index (χ4v) is 3.83. The van der Waals surface area contributed by atoms with Crippen LogP contribution in [0.2, 0.25) is 0 Å². The average molecular weight is 490 g/mol. The molecule has 0 saturated heterocycles. The molecule has 8 nitrogen and oxygen atoms in total. The lowest BCUT2D eigenvalue weighted by Crippen LogP contribution is -2.43. The summed E-state index contributed by atoms with van der Waals surface area (Å²) in [6, 6.07) is 18.4. The zero-order valence-electron chi connectivity index (χ0n) is 20.1. The van der Waals surface area contributed by atoms with Crippen molar-refractivity contribution >= 4 is 33.8 Å². The summed E-state index contributed by atoms with van der Waals surface area (Å²) >= 11 is 0. The van der Waals surface area contributed by atoms with Crippen LogP contribution in [0.3, 0.4) is 0 Å². The molecule has 8 heteroatoms. The Morgan fingerprint density at radius 2 is 1.69 bits per heavy atom. The third-order valence-electron chi connectivity index (χ3n) is 5.75. The van der Waals surface area contributed by atoms with Crippen LogP contribution in [0.4, 0.5) is 4.79 Å². The summed E-state index contributed by atoms with van der Waals surface area (Å²) in [6.45, 7) is 2.08. The minimum absolute atomic E-state index is 0.0890. The van der Waals surface area contributed by atoms with Crippen molar-refractivity contribution in [1.82, 2.24) is 5.32 Å². The summed E-state index contributed by atoms with van der Waals surface area (Å²) in [7, 11) is 1.52. The van der Waals surface area contributed by atoms with E-state index in [1.807, 2.05) is 37.3 Å². The molecule has 1 aromatic heterocycles. The Balaban J connectivity index is 1.49. The highest BCUT2D eigenvalue weighted by Gasteiger charge is 2.23. The third-order valence-corrected chi connectivity index (χ3v) is 5.75. The lowest BCUT2D eigenvalue weighted by atomic mass is 10.1. The number of benzene rings is 3. The highest BCUT2D eigenvalue weighted by molar-refractivity contribution is 6.05. The van der Waals surface area contributed by atoms with Gasteiger partial charge in [-0.15, -0.1) is 0 Å². The van der Waals surface area contributed by atoms with Gasteiger partial charge in [0.25, 0.3) is 0 Å². The van der Waals surface area contributed by atoms with Crippen molar-refractivity contribution in [3.05, 3.63) is 82.7 Å². The van der Waals surface area contributed by atoms with Crippen molar-refractivity contribution in [3.63, 3.8) is 0 Å². The molecule has 0 unspecified atom stereocenters. The molecule has 0 saturated carbocycles. The summed E-state index contributed by atoms with van der Waals surface area (Å²) in [5.41, 5.74) is 0.593. The summed E-state index contributed by atoms with van der Waals surface area (Å²) in [5.74, 6) is 0.115. The smallest absolute Gasteiger partial charge is 0.408 e. The maximum absolute atomic E-state index is 12.9. The molecule has 4 rings (SSSR count). The van der Waals surface area contributed by atoms with E-state index >= 15 is 0 Å². The minimum atomic E-state index is -0.889. The Morgan fingerprint density at radius 1 is 0.944 bits per heavy atom. The first kappa shape index (κ1) is 24.8. The van der Waals surface area contributed by atoms with Gasteiger partial charge in [0.15, 0.2) is 0 Å². The van der Waals surface area contributed by atoms with Crippen molar-refractivity contribution in [1.29, 1.82) is 0 Å². The predicted octanol–water partition coefficient (Wildman–Crippen LogP) is 5.35. The van der Waals surface area contributed by atoms with Crippen molar-refractivity contribution in [2.24, 2.45) is 0 Å². The normalized spacial score (nSPS) is 11.7. The van der Waals surface area contributed by atoms with Gasteiger partial charge in [-0.1, -0.05) is 50.1 Å². The number of methoxy groups -OCH3 is 1. The molecule has 186 valence electrons. The molecule has 1 heterocycles. The van der Waals surface area contributed by atoms with E-state index in [9.17, 15) is 14.4 Å². The molecule has 0 bridgehead atoms. The fourth-order valence-electron chi connectivity index (χ4n) is 3.83. The first-order valence-electron chi connectivity index (χ1n) is 11.7. The second kappa shape index (κ2) is 11.4. The van der Waals surface area contributed by atoms with E-state index < -0.39 is 23.7 Å². The number of alkyl carbamates (subject to hydrolysis) is 1. The van der Waals surface area contributed by atoms with E-state index in [-0.39, 0.29) is 17.9 Å². The maximum Gasteiger partial charge on any atom is 0.408 e. The van der Waals surface area contributed by atoms with Crippen LogP contribution in [0.25, 0.3) is 21.7 Å². The van der Waals surface area contributed by atoms with Gasteiger partial charge in [0.1, 0.15) is 29.7 Å². The van der Waals surface area contributed by atoms with Gasteiger partial charge in [-0.05, 0) is 42.3 Å². The number of unbranched alkanes of at least 4 members (excludes halogenated alkanes) is 1. The van der Waals surface area contributed by atoms with Crippen molar-refractivity contribution in [2.75, 3.05) is 7.11 Å². The number of carbonyl (C=O) groups is 2. The molecule has 3 aromatic carbocycles. The summed E-state index contributed by atoms with van der Waals surface area (Å²) in [5, 5.41) is 4.38. The van der Waals surface area contributed by atoms with Crippen molar-refractivity contribution < 1.29 is 28.2 Å². The number of carbonyl (C=O) groups excluding carboxylic acids is 2. The Kier molecular flexibility index (Phi) is 7.85. The van der Waals surface area contributed by atoms with Gasteiger partial charge >= 0.3 is 17.7 Å². The molecule has 0 aliphatic carbocycles. The van der Waals surface area contributed by atoms with Crippen LogP contribution < -0.4 is 20.4 Å². The summed E-state index contributed by atoms with van der Waals surface area (Å²) < 4.78 is 21.5. The summed E-state index contributed by atoms with van der Waals surface area (Å²) in [6.07, 6.45) is 1.23. The van der Waals surface area contributed by atoms with Crippen molar-refractivity contribution in [2.45, 2.75) is 38.8 Å². The van der Waals surface area contributed by atoms with Crippen LogP contribution in [-0.4, -0.2) is 25.2 Å². The van der Waals surface area contributed by atoms with E-state index in [4.69, 9.17) is 18.6 Å². The summed E-state index contributed by atoms with van der Waals surface area (Å²) in [4.78, 5) is 37.8. The molecule has 1 atom stereocenters. The molecule has 36 heavy (non-hydrogen) atoms. The Bertz CT molecular complexity index is 1430. The maximum atomic E-state index is 12.9. The van der Waals surface area contributed by atoms with Crippen LogP contribution in [-0.2, 0) is 16.1 Å². The largest absolute Gasteiger partial charge is 0.497 e. The minimum Gasteiger partial charge on any atom is -0.497 e. The molecular weight excluding hydrogens is 462 g/mol. The zero-order valence-corrected chi connectivity index (χ0v) is 20.1. The third kappa shape index (κ3) is 5.83. The van der Waals surface area contributed by atoms with Crippen LogP contribution in [0.15, 0.2) is 75.9 Å². The number of fused-ring (bicyclic) bond motifs is 3.